The van der Waals surface area contributed by atoms with Crippen LogP contribution in [0, 0.1) is 0 Å². The van der Waals surface area contributed by atoms with Crippen molar-refractivity contribution in [2.45, 2.75) is 24.3 Å². The van der Waals surface area contributed by atoms with Crippen LogP contribution in [0.5, 0.6) is 5.75 Å². The van der Waals surface area contributed by atoms with E-state index in [1.54, 1.807) is 25.3 Å². The summed E-state index contributed by atoms with van der Waals surface area (Å²) in [6.45, 7) is 1.63. The molecule has 4 rings (SSSR count). The molecule has 0 radical (unpaired) electrons. The smallest absolute Gasteiger partial charge is 0.339 e. The van der Waals surface area contributed by atoms with Gasteiger partial charge in [0, 0.05) is 35.0 Å². The van der Waals surface area contributed by atoms with Gasteiger partial charge >= 0.3 is 5.97 Å². The molecule has 0 bridgehead atoms. The first kappa shape index (κ1) is 22.4. The molecular weight excluding hydrogens is 448 g/mol. The van der Waals surface area contributed by atoms with Gasteiger partial charge in [-0.1, -0.05) is 23.7 Å². The zero-order valence-electron chi connectivity index (χ0n) is 17.7. The Morgan fingerprint density at radius 2 is 1.91 bits per heavy atom. The number of hydrogen-bond acceptors (Lipinski definition) is 6. The Kier molecular flexibility index (Phi) is 7.17. The number of esters is 1. The molecule has 1 amide bonds. The van der Waals surface area contributed by atoms with Crippen LogP contribution in [0.1, 0.15) is 28.8 Å². The van der Waals surface area contributed by atoms with Crippen molar-refractivity contribution in [3.63, 3.8) is 0 Å². The number of halogens is 1. The van der Waals surface area contributed by atoms with Crippen molar-refractivity contribution in [3.05, 3.63) is 64.8 Å². The van der Waals surface area contributed by atoms with Crippen molar-refractivity contribution in [1.82, 2.24) is 9.88 Å². The maximum absolute atomic E-state index is 12.8. The quantitative estimate of drug-likeness (QED) is 0.276. The van der Waals surface area contributed by atoms with Gasteiger partial charge in [-0.25, -0.2) is 9.78 Å². The average molecular weight is 471 g/mol. The first-order chi connectivity index (χ1) is 15.5. The highest BCUT2D eigenvalue weighted by Crippen LogP contribution is 2.27. The molecule has 0 N–H and O–H groups in total. The lowest BCUT2D eigenvalue weighted by Gasteiger charge is -2.15. The standard InChI is InChI=1S/C24H23ClN2O4S/c1-30-18-9-8-16-12-17(23(25)26-20(16)13-18)14-31-24(29)19-6-2-3-7-21(19)32-15-22(28)27-10-4-5-11-27/h2-3,6-9,12-13H,4-5,10-11,14-15H2,1H3. The number of thioether (sulfide) groups is 1. The summed E-state index contributed by atoms with van der Waals surface area (Å²) in [5, 5.41) is 1.15. The van der Waals surface area contributed by atoms with Crippen molar-refractivity contribution < 1.29 is 19.1 Å². The van der Waals surface area contributed by atoms with E-state index in [2.05, 4.69) is 4.98 Å². The van der Waals surface area contributed by atoms with Gasteiger partial charge in [0.15, 0.2) is 0 Å². The van der Waals surface area contributed by atoms with Gasteiger partial charge in [-0.2, -0.15) is 0 Å². The SMILES string of the molecule is COc1ccc2cc(COC(=O)c3ccccc3SCC(=O)N3CCCC3)c(Cl)nc2c1. The van der Waals surface area contributed by atoms with Gasteiger partial charge in [-0.15, -0.1) is 11.8 Å². The maximum atomic E-state index is 12.8. The lowest BCUT2D eigenvalue weighted by molar-refractivity contribution is -0.127. The lowest BCUT2D eigenvalue weighted by Crippen LogP contribution is -2.29. The van der Waals surface area contributed by atoms with E-state index in [0.29, 0.717) is 28.1 Å². The molecule has 166 valence electrons. The largest absolute Gasteiger partial charge is 0.497 e. The van der Waals surface area contributed by atoms with Gasteiger partial charge < -0.3 is 14.4 Å². The van der Waals surface area contributed by atoms with Gasteiger partial charge in [-0.05, 0) is 43.2 Å². The lowest BCUT2D eigenvalue weighted by atomic mass is 10.1. The molecule has 0 aliphatic carbocycles. The summed E-state index contributed by atoms with van der Waals surface area (Å²) in [6, 6.07) is 14.5. The van der Waals surface area contributed by atoms with Crippen LogP contribution in [0.3, 0.4) is 0 Å². The van der Waals surface area contributed by atoms with E-state index in [4.69, 9.17) is 21.1 Å². The number of likely N-dealkylation sites (tertiary alicyclic amines) is 1. The summed E-state index contributed by atoms with van der Waals surface area (Å²) in [5.41, 5.74) is 1.75. The molecule has 8 heteroatoms. The predicted octanol–water partition coefficient (Wildman–Crippen LogP) is 4.97. The van der Waals surface area contributed by atoms with E-state index in [0.717, 1.165) is 36.2 Å². The van der Waals surface area contributed by atoms with Gasteiger partial charge in [0.25, 0.3) is 0 Å². The third kappa shape index (κ3) is 5.16. The van der Waals surface area contributed by atoms with E-state index in [9.17, 15) is 9.59 Å². The second-order valence-corrected chi connectivity index (χ2v) is 8.82. The van der Waals surface area contributed by atoms with Crippen LogP contribution in [-0.2, 0) is 16.1 Å². The molecule has 6 nitrogen and oxygen atoms in total. The van der Waals surface area contributed by atoms with Crippen LogP contribution in [0.15, 0.2) is 53.4 Å². The first-order valence-electron chi connectivity index (χ1n) is 10.3. The molecule has 0 unspecified atom stereocenters. The predicted molar refractivity (Wildman–Crippen MR) is 125 cm³/mol. The molecule has 0 spiro atoms. The van der Waals surface area contributed by atoms with E-state index in [1.165, 1.54) is 11.8 Å². The highest BCUT2D eigenvalue weighted by Gasteiger charge is 2.20. The molecule has 32 heavy (non-hydrogen) atoms. The third-order valence-corrected chi connectivity index (χ3v) is 6.71. The first-order valence-corrected chi connectivity index (χ1v) is 11.7. The fourth-order valence-corrected chi connectivity index (χ4v) is 4.72. The third-order valence-electron chi connectivity index (χ3n) is 5.33. The van der Waals surface area contributed by atoms with E-state index in [-0.39, 0.29) is 17.7 Å². The zero-order valence-corrected chi connectivity index (χ0v) is 19.2. The number of benzene rings is 2. The molecular formula is C24H23ClN2O4S. The molecule has 1 aliphatic rings. The second kappa shape index (κ2) is 10.2. The Hall–Kier alpha value is -2.77. The van der Waals surface area contributed by atoms with Crippen molar-refractivity contribution in [2.24, 2.45) is 0 Å². The van der Waals surface area contributed by atoms with Gasteiger partial charge in [0.05, 0.1) is 23.9 Å². The number of methoxy groups -OCH3 is 1. The number of nitrogens with zero attached hydrogens (tertiary/aromatic N) is 2. The van der Waals surface area contributed by atoms with Gasteiger partial charge in [0.1, 0.15) is 17.5 Å². The minimum atomic E-state index is -0.465. The van der Waals surface area contributed by atoms with Crippen LogP contribution in [0.4, 0.5) is 0 Å². The number of hydrogen-bond donors (Lipinski definition) is 0. The van der Waals surface area contributed by atoms with E-state index < -0.39 is 5.97 Å². The highest BCUT2D eigenvalue weighted by molar-refractivity contribution is 8.00. The fourth-order valence-electron chi connectivity index (χ4n) is 3.57. The Labute approximate surface area is 195 Å². The zero-order chi connectivity index (χ0) is 22.5. The Balaban J connectivity index is 1.43. The Morgan fingerprint density at radius 1 is 1.12 bits per heavy atom. The summed E-state index contributed by atoms with van der Waals surface area (Å²) >= 11 is 7.67. The summed E-state index contributed by atoms with van der Waals surface area (Å²) < 4.78 is 10.8. The molecule has 1 saturated heterocycles. The van der Waals surface area contributed by atoms with Crippen LogP contribution < -0.4 is 4.74 Å². The van der Waals surface area contributed by atoms with E-state index >= 15 is 0 Å². The molecule has 0 atom stereocenters. The summed E-state index contributed by atoms with van der Waals surface area (Å²) in [7, 11) is 1.59. The molecule has 1 fully saturated rings. The minimum Gasteiger partial charge on any atom is -0.497 e. The second-order valence-electron chi connectivity index (χ2n) is 7.45. The number of pyridine rings is 1. The molecule has 2 aromatic carbocycles. The number of aromatic nitrogens is 1. The molecule has 1 aliphatic heterocycles. The number of rotatable bonds is 7. The van der Waals surface area contributed by atoms with Crippen molar-refractivity contribution in [3.8, 4) is 5.75 Å². The van der Waals surface area contributed by atoms with Gasteiger partial charge in [0.2, 0.25) is 5.91 Å². The van der Waals surface area contributed by atoms with Crippen LogP contribution in [0.2, 0.25) is 5.15 Å². The topological polar surface area (TPSA) is 68.7 Å². The molecule has 0 saturated carbocycles. The van der Waals surface area contributed by atoms with Crippen molar-refractivity contribution >= 4 is 46.1 Å². The minimum absolute atomic E-state index is 0.00164. The number of amides is 1. The summed E-state index contributed by atoms with van der Waals surface area (Å²) in [6.07, 6.45) is 2.11. The molecule has 1 aromatic heterocycles. The van der Waals surface area contributed by atoms with Gasteiger partial charge in [-0.3, -0.25) is 4.79 Å². The summed E-state index contributed by atoms with van der Waals surface area (Å²) in [4.78, 5) is 32.1. The highest BCUT2D eigenvalue weighted by atomic mass is 35.5. The van der Waals surface area contributed by atoms with Crippen LogP contribution in [-0.4, -0.2) is 47.7 Å². The normalized spacial score (nSPS) is 13.4. The Bertz CT molecular complexity index is 1150. The molecule has 3 aromatic rings. The average Bonchev–Trinajstić information content (AvgIpc) is 3.36. The number of fused-ring (bicyclic) bond motifs is 1. The monoisotopic (exact) mass is 470 g/mol. The maximum Gasteiger partial charge on any atom is 0.339 e. The van der Waals surface area contributed by atoms with Crippen LogP contribution in [0.25, 0.3) is 10.9 Å². The number of ether oxygens (including phenoxy) is 2. The van der Waals surface area contributed by atoms with Crippen LogP contribution >= 0.6 is 23.4 Å². The van der Waals surface area contributed by atoms with Crippen molar-refractivity contribution in [2.75, 3.05) is 26.0 Å². The molecule has 2 heterocycles. The number of carbonyl (C=O) groups excluding carboxylic acids is 2. The number of carbonyl (C=O) groups is 2. The fraction of sp³-hybridized carbons (Fsp3) is 0.292. The van der Waals surface area contributed by atoms with E-state index in [1.807, 2.05) is 35.2 Å². The summed E-state index contributed by atoms with van der Waals surface area (Å²) in [5.74, 6) is 0.625. The van der Waals surface area contributed by atoms with Crippen molar-refractivity contribution in [1.29, 1.82) is 0 Å². The Morgan fingerprint density at radius 3 is 2.69 bits per heavy atom.